The molecule has 1 aliphatic heterocycles. The van der Waals surface area contributed by atoms with Gasteiger partial charge in [-0.05, 0) is 53.6 Å². The Morgan fingerprint density at radius 1 is 0.763 bits per heavy atom. The van der Waals surface area contributed by atoms with Crippen molar-refractivity contribution in [2.45, 2.75) is 42.4 Å². The van der Waals surface area contributed by atoms with Crippen molar-refractivity contribution in [1.82, 2.24) is 4.90 Å². The highest BCUT2D eigenvalue weighted by Crippen LogP contribution is 2.69. The van der Waals surface area contributed by atoms with E-state index in [1.165, 1.54) is 4.90 Å². The zero-order valence-electron chi connectivity index (χ0n) is 21.0. The molecule has 0 aromatic heterocycles. The first-order chi connectivity index (χ1) is 18.3. The van der Waals surface area contributed by atoms with E-state index in [9.17, 15) is 14.4 Å². The Balaban J connectivity index is 1.17. The number of halogens is 2. The summed E-state index contributed by atoms with van der Waals surface area (Å²) in [6, 6.07) is 23.0. The number of anilines is 1. The first-order valence-corrected chi connectivity index (χ1v) is 13.8. The van der Waals surface area contributed by atoms with E-state index in [2.05, 4.69) is 5.32 Å². The second-order valence-electron chi connectivity index (χ2n) is 10.5. The molecule has 3 aromatic rings. The Labute approximate surface area is 232 Å². The summed E-state index contributed by atoms with van der Waals surface area (Å²) < 4.78 is 0. The van der Waals surface area contributed by atoms with Crippen LogP contribution in [0, 0.1) is 18.8 Å². The molecule has 5 nitrogen and oxygen atoms in total. The van der Waals surface area contributed by atoms with Gasteiger partial charge in [-0.1, -0.05) is 73.2 Å². The van der Waals surface area contributed by atoms with Gasteiger partial charge in [0.05, 0.1) is 11.8 Å². The number of hydrogen-bond acceptors (Lipinski definition) is 3. The molecule has 1 N–H and O–H groups in total. The number of aryl methyl sites for hydroxylation is 1. The van der Waals surface area contributed by atoms with Gasteiger partial charge in [-0.2, -0.15) is 0 Å². The van der Waals surface area contributed by atoms with Gasteiger partial charge in [-0.25, -0.2) is 0 Å². The van der Waals surface area contributed by atoms with Crippen molar-refractivity contribution in [3.63, 3.8) is 0 Å². The summed E-state index contributed by atoms with van der Waals surface area (Å²) in [6.07, 6.45) is 2.36. The largest absolute Gasteiger partial charge is 0.326 e. The summed E-state index contributed by atoms with van der Waals surface area (Å²) in [5.74, 6) is -2.10. The molecule has 0 unspecified atom stereocenters. The lowest BCUT2D eigenvalue weighted by atomic mass is 9.54. The maximum Gasteiger partial charge on any atom is 0.235 e. The fourth-order valence-electron chi connectivity index (χ4n) is 6.60. The number of nitrogens with zero attached hydrogens (tertiary/aromatic N) is 1. The topological polar surface area (TPSA) is 66.5 Å². The van der Waals surface area contributed by atoms with Gasteiger partial charge in [0.25, 0.3) is 0 Å². The fraction of sp³-hybridized carbons (Fsp3) is 0.323. The highest BCUT2D eigenvalue weighted by molar-refractivity contribution is 6.36. The van der Waals surface area contributed by atoms with Crippen molar-refractivity contribution in [3.8, 4) is 0 Å². The molecule has 0 radical (unpaired) electrons. The van der Waals surface area contributed by atoms with Gasteiger partial charge in [-0.3, -0.25) is 19.3 Å². The third-order valence-electron chi connectivity index (χ3n) is 8.38. The average molecular weight is 547 g/mol. The Bertz CT molecular complexity index is 1350. The molecule has 0 saturated carbocycles. The third kappa shape index (κ3) is 3.48. The van der Waals surface area contributed by atoms with Crippen molar-refractivity contribution < 1.29 is 14.4 Å². The normalized spacial score (nSPS) is 26.7. The van der Waals surface area contributed by atoms with Crippen molar-refractivity contribution in [2.75, 3.05) is 11.9 Å². The lowest BCUT2D eigenvalue weighted by Crippen LogP contribution is -2.57. The van der Waals surface area contributed by atoms with Crippen molar-refractivity contribution in [1.29, 1.82) is 0 Å². The Morgan fingerprint density at radius 3 is 1.74 bits per heavy atom. The summed E-state index contributed by atoms with van der Waals surface area (Å²) >= 11 is 14.9. The number of para-hydroxylation sites is 1. The van der Waals surface area contributed by atoms with E-state index >= 15 is 0 Å². The molecule has 1 saturated heterocycles. The number of benzene rings is 3. The van der Waals surface area contributed by atoms with Crippen LogP contribution in [0.1, 0.15) is 53.5 Å². The predicted molar refractivity (Wildman–Crippen MR) is 148 cm³/mol. The van der Waals surface area contributed by atoms with Crippen LogP contribution in [0.5, 0.6) is 0 Å². The lowest BCUT2D eigenvalue weighted by Gasteiger charge is -2.54. The predicted octanol–water partition coefficient (Wildman–Crippen LogP) is 6.09. The number of alkyl halides is 2. The van der Waals surface area contributed by atoms with Gasteiger partial charge in [-0.15, -0.1) is 23.2 Å². The van der Waals surface area contributed by atoms with Crippen LogP contribution < -0.4 is 5.32 Å². The summed E-state index contributed by atoms with van der Waals surface area (Å²) in [4.78, 5) is 39.0. The van der Waals surface area contributed by atoms with E-state index in [4.69, 9.17) is 23.2 Å². The zero-order valence-corrected chi connectivity index (χ0v) is 22.6. The number of unbranched alkanes of at least 4 members (excludes halogenated alkanes) is 2. The fourth-order valence-corrected chi connectivity index (χ4v) is 7.70. The smallest absolute Gasteiger partial charge is 0.235 e. The van der Waals surface area contributed by atoms with Gasteiger partial charge in [0, 0.05) is 18.7 Å². The molecular weight excluding hydrogens is 519 g/mol. The molecule has 2 atom stereocenters. The van der Waals surface area contributed by atoms with Crippen LogP contribution in [-0.4, -0.2) is 29.2 Å². The molecule has 7 rings (SSSR count). The molecule has 3 aromatic carbocycles. The minimum atomic E-state index is -1.15. The summed E-state index contributed by atoms with van der Waals surface area (Å²) in [5.41, 5.74) is 5.05. The standard InChI is InChI=1S/C31H28Cl2N2O3/c1-19-11-4-9-16-24(19)34-25(36)17-3-2-10-18-35-28(37)26-27(29(35)38)31(33)21-13-6-5-12-20(21)30(26,32)22-14-7-8-15-23(22)31/h4-9,11-16,26-27H,2-3,10,17-18H2,1H3,(H,34,36)/t26-,27-,30?,31?/m1/s1. The number of likely N-dealkylation sites (tertiary alicyclic amines) is 1. The maximum atomic E-state index is 13.8. The minimum Gasteiger partial charge on any atom is -0.326 e. The highest BCUT2D eigenvalue weighted by atomic mass is 35.5. The third-order valence-corrected chi connectivity index (χ3v) is 9.67. The number of imide groups is 1. The van der Waals surface area contributed by atoms with Gasteiger partial charge >= 0.3 is 0 Å². The number of rotatable bonds is 7. The van der Waals surface area contributed by atoms with Crippen molar-refractivity contribution >= 4 is 46.6 Å². The minimum absolute atomic E-state index is 0.0427. The van der Waals surface area contributed by atoms with Crippen LogP contribution in [-0.2, 0) is 24.1 Å². The Morgan fingerprint density at radius 2 is 1.24 bits per heavy atom. The van der Waals surface area contributed by atoms with E-state index in [0.717, 1.165) is 33.5 Å². The van der Waals surface area contributed by atoms with Crippen LogP contribution in [0.2, 0.25) is 0 Å². The van der Waals surface area contributed by atoms with Crippen LogP contribution in [0.4, 0.5) is 5.69 Å². The highest BCUT2D eigenvalue weighted by Gasteiger charge is 2.72. The number of hydrogen-bond donors (Lipinski definition) is 1. The molecule has 1 fully saturated rings. The molecule has 38 heavy (non-hydrogen) atoms. The van der Waals surface area contributed by atoms with Gasteiger partial charge in [0.15, 0.2) is 0 Å². The molecule has 3 aliphatic carbocycles. The first kappa shape index (κ1) is 25.1. The van der Waals surface area contributed by atoms with E-state index in [0.29, 0.717) is 25.7 Å². The van der Waals surface area contributed by atoms with E-state index < -0.39 is 21.6 Å². The monoisotopic (exact) mass is 546 g/mol. The number of carbonyl (C=O) groups excluding carboxylic acids is 3. The molecule has 194 valence electrons. The molecule has 2 bridgehead atoms. The van der Waals surface area contributed by atoms with Crippen molar-refractivity contribution in [2.24, 2.45) is 11.8 Å². The van der Waals surface area contributed by atoms with Crippen LogP contribution in [0.15, 0.2) is 72.8 Å². The quantitative estimate of drug-likeness (QED) is 0.221. The first-order valence-electron chi connectivity index (χ1n) is 13.1. The van der Waals surface area contributed by atoms with Crippen LogP contribution in [0.25, 0.3) is 0 Å². The van der Waals surface area contributed by atoms with E-state index in [1.807, 2.05) is 79.7 Å². The van der Waals surface area contributed by atoms with Gasteiger partial charge < -0.3 is 5.32 Å². The molecule has 3 amide bonds. The second kappa shape index (κ2) is 9.25. The molecule has 4 aliphatic rings. The van der Waals surface area contributed by atoms with Crippen LogP contribution in [0.3, 0.4) is 0 Å². The van der Waals surface area contributed by atoms with Gasteiger partial charge in [0.2, 0.25) is 17.7 Å². The maximum absolute atomic E-state index is 13.8. The molecule has 7 heteroatoms. The van der Waals surface area contributed by atoms with E-state index in [1.54, 1.807) is 0 Å². The zero-order chi connectivity index (χ0) is 26.7. The van der Waals surface area contributed by atoms with Crippen molar-refractivity contribution in [3.05, 3.63) is 101 Å². The Hall–Kier alpha value is -3.15. The van der Waals surface area contributed by atoms with E-state index in [-0.39, 0.29) is 24.3 Å². The van der Waals surface area contributed by atoms with Crippen LogP contribution >= 0.6 is 23.2 Å². The molecule has 1 heterocycles. The second-order valence-corrected chi connectivity index (χ2v) is 11.7. The number of carbonyl (C=O) groups is 3. The summed E-state index contributed by atoms with van der Waals surface area (Å²) in [6.45, 7) is 2.24. The summed E-state index contributed by atoms with van der Waals surface area (Å²) in [5, 5.41) is 2.95. The molecule has 0 spiro atoms. The summed E-state index contributed by atoms with van der Waals surface area (Å²) in [7, 11) is 0. The number of amides is 3. The average Bonchev–Trinajstić information content (AvgIpc) is 3.19. The lowest BCUT2D eigenvalue weighted by molar-refractivity contribution is -0.140. The van der Waals surface area contributed by atoms with Gasteiger partial charge in [0.1, 0.15) is 9.75 Å². The molecular formula is C31H28Cl2N2O3. The Kier molecular flexibility index (Phi) is 6.12. The SMILES string of the molecule is Cc1ccccc1NC(=O)CCCCCN1C(=O)[C@H]2[C@H](C1=O)C1(Cl)c3ccccc3C2(Cl)c2ccccc21. The number of nitrogens with one attached hydrogen (secondary N) is 1.